The van der Waals surface area contributed by atoms with Gasteiger partial charge in [0.1, 0.15) is 0 Å². The minimum atomic E-state index is -0.972. The fraction of sp³-hybridized carbons (Fsp3) is 0.385. The highest BCUT2D eigenvalue weighted by molar-refractivity contribution is 5.81. The van der Waals surface area contributed by atoms with E-state index in [0.29, 0.717) is 5.69 Å². The maximum Gasteiger partial charge on any atom is 0.307 e. The molecule has 0 bridgehead atoms. The molecule has 1 N–H and O–H groups in total. The van der Waals surface area contributed by atoms with Crippen LogP contribution in [0.4, 0.5) is 14.5 Å². The molecule has 0 aromatic heterocycles. The SMILES string of the molecule is COC(=O)CCNC(=O)CN(C)c1ccc(F)c(F)c1. The molecule has 5 nitrogen and oxygen atoms in total. The number of nitrogens with one attached hydrogen (secondary N) is 1. The van der Waals surface area contributed by atoms with Crippen LogP contribution in [0.1, 0.15) is 6.42 Å². The van der Waals surface area contributed by atoms with E-state index < -0.39 is 17.6 Å². The molecule has 0 heterocycles. The van der Waals surface area contributed by atoms with Gasteiger partial charge in [0.15, 0.2) is 11.6 Å². The quantitative estimate of drug-likeness (QED) is 0.795. The first-order valence-electron chi connectivity index (χ1n) is 5.93. The molecule has 0 saturated carbocycles. The highest BCUT2D eigenvalue weighted by Crippen LogP contribution is 2.16. The van der Waals surface area contributed by atoms with E-state index in [1.807, 2.05) is 0 Å². The number of carbonyl (C=O) groups is 2. The molecule has 1 aromatic rings. The first kappa shape index (κ1) is 15.9. The fourth-order valence-electron chi connectivity index (χ4n) is 1.49. The first-order chi connectivity index (χ1) is 9.43. The summed E-state index contributed by atoms with van der Waals surface area (Å²) in [5, 5.41) is 2.53. The number of carbonyl (C=O) groups excluding carboxylic acids is 2. The Morgan fingerprint density at radius 3 is 2.60 bits per heavy atom. The molecule has 0 atom stereocenters. The molecule has 20 heavy (non-hydrogen) atoms. The Morgan fingerprint density at radius 1 is 1.30 bits per heavy atom. The van der Waals surface area contributed by atoms with Crippen molar-refractivity contribution in [1.29, 1.82) is 0 Å². The fourth-order valence-corrected chi connectivity index (χ4v) is 1.49. The van der Waals surface area contributed by atoms with Crippen LogP contribution in [0.2, 0.25) is 0 Å². The summed E-state index contributed by atoms with van der Waals surface area (Å²) in [6.45, 7) is 0.128. The van der Waals surface area contributed by atoms with Gasteiger partial charge < -0.3 is 15.0 Å². The molecule has 0 aliphatic heterocycles. The van der Waals surface area contributed by atoms with E-state index in [4.69, 9.17) is 0 Å². The van der Waals surface area contributed by atoms with Crippen molar-refractivity contribution < 1.29 is 23.1 Å². The second kappa shape index (κ2) is 7.42. The predicted octanol–water partition coefficient (Wildman–Crippen LogP) is 1.08. The van der Waals surface area contributed by atoms with E-state index in [-0.39, 0.29) is 25.4 Å². The maximum absolute atomic E-state index is 13.1. The van der Waals surface area contributed by atoms with E-state index in [0.717, 1.165) is 12.1 Å². The molecule has 0 aliphatic carbocycles. The zero-order valence-electron chi connectivity index (χ0n) is 11.3. The van der Waals surface area contributed by atoms with Gasteiger partial charge in [0.25, 0.3) is 0 Å². The number of likely N-dealkylation sites (N-methyl/N-ethyl adjacent to an activating group) is 1. The lowest BCUT2D eigenvalue weighted by Gasteiger charge is -2.18. The van der Waals surface area contributed by atoms with Crippen molar-refractivity contribution in [3.63, 3.8) is 0 Å². The Labute approximate surface area is 115 Å². The number of amides is 1. The second-order valence-electron chi connectivity index (χ2n) is 4.13. The molecule has 110 valence electrons. The molecule has 1 aromatic carbocycles. The smallest absolute Gasteiger partial charge is 0.307 e. The number of benzene rings is 1. The number of hydrogen-bond acceptors (Lipinski definition) is 4. The van der Waals surface area contributed by atoms with E-state index >= 15 is 0 Å². The number of nitrogens with zero attached hydrogens (tertiary/aromatic N) is 1. The number of methoxy groups -OCH3 is 1. The number of hydrogen-bond donors (Lipinski definition) is 1. The van der Waals surface area contributed by atoms with Crippen LogP contribution in [-0.4, -0.2) is 39.1 Å². The molecule has 0 fully saturated rings. The second-order valence-corrected chi connectivity index (χ2v) is 4.13. The van der Waals surface area contributed by atoms with Crippen molar-refractivity contribution in [1.82, 2.24) is 5.32 Å². The van der Waals surface area contributed by atoms with E-state index in [2.05, 4.69) is 10.1 Å². The van der Waals surface area contributed by atoms with Gasteiger partial charge in [-0.2, -0.15) is 0 Å². The van der Waals surface area contributed by atoms with Crippen LogP contribution in [-0.2, 0) is 14.3 Å². The molecule has 0 spiro atoms. The third kappa shape index (κ3) is 4.83. The van der Waals surface area contributed by atoms with Crippen LogP contribution in [0.25, 0.3) is 0 Å². The van der Waals surface area contributed by atoms with Gasteiger partial charge in [0.05, 0.1) is 20.1 Å². The summed E-state index contributed by atoms with van der Waals surface area (Å²) in [5.74, 6) is -2.66. The van der Waals surface area contributed by atoms with Crippen molar-refractivity contribution in [2.24, 2.45) is 0 Å². The Hall–Kier alpha value is -2.18. The lowest BCUT2D eigenvalue weighted by atomic mass is 10.2. The average molecular weight is 286 g/mol. The normalized spacial score (nSPS) is 10.0. The topological polar surface area (TPSA) is 58.6 Å². The monoisotopic (exact) mass is 286 g/mol. The van der Waals surface area contributed by atoms with E-state index in [9.17, 15) is 18.4 Å². The van der Waals surface area contributed by atoms with E-state index in [1.54, 1.807) is 7.05 Å². The number of halogens is 2. The van der Waals surface area contributed by atoms with Crippen LogP contribution in [0, 0.1) is 11.6 Å². The molecule has 1 rings (SSSR count). The summed E-state index contributed by atoms with van der Waals surface area (Å²) in [4.78, 5) is 23.9. The van der Waals surface area contributed by atoms with Gasteiger partial charge in [0, 0.05) is 25.3 Å². The molecule has 0 saturated heterocycles. The van der Waals surface area contributed by atoms with Crippen molar-refractivity contribution in [2.75, 3.05) is 32.1 Å². The summed E-state index contributed by atoms with van der Waals surface area (Å²) in [6, 6.07) is 3.38. The predicted molar refractivity (Wildman–Crippen MR) is 69.3 cm³/mol. The lowest BCUT2D eigenvalue weighted by Crippen LogP contribution is -2.36. The van der Waals surface area contributed by atoms with Crippen LogP contribution in [0.3, 0.4) is 0 Å². The minimum absolute atomic E-state index is 0.0355. The van der Waals surface area contributed by atoms with Crippen LogP contribution < -0.4 is 10.2 Å². The molecule has 0 radical (unpaired) electrons. The molecule has 1 amide bonds. The van der Waals surface area contributed by atoms with Crippen LogP contribution >= 0.6 is 0 Å². The Balaban J connectivity index is 2.44. The first-order valence-corrected chi connectivity index (χ1v) is 5.93. The highest BCUT2D eigenvalue weighted by atomic mass is 19.2. The maximum atomic E-state index is 13.1. The minimum Gasteiger partial charge on any atom is -0.469 e. The highest BCUT2D eigenvalue weighted by Gasteiger charge is 2.10. The van der Waals surface area contributed by atoms with Gasteiger partial charge in [-0.3, -0.25) is 9.59 Å². The van der Waals surface area contributed by atoms with Gasteiger partial charge in [-0.15, -0.1) is 0 Å². The summed E-state index contributed by atoms with van der Waals surface area (Å²) in [5.41, 5.74) is 0.381. The van der Waals surface area contributed by atoms with Crippen molar-refractivity contribution >= 4 is 17.6 Å². The van der Waals surface area contributed by atoms with E-state index in [1.165, 1.54) is 18.1 Å². The average Bonchev–Trinajstić information content (AvgIpc) is 2.41. The molecule has 0 unspecified atom stereocenters. The van der Waals surface area contributed by atoms with Crippen molar-refractivity contribution in [3.8, 4) is 0 Å². The standard InChI is InChI=1S/C13H16F2N2O3/c1-17(9-3-4-10(14)11(15)7-9)8-12(18)16-6-5-13(19)20-2/h3-4,7H,5-6,8H2,1-2H3,(H,16,18). The van der Waals surface area contributed by atoms with Gasteiger partial charge in [-0.25, -0.2) is 8.78 Å². The van der Waals surface area contributed by atoms with Crippen LogP contribution in [0.5, 0.6) is 0 Å². The molecular weight excluding hydrogens is 270 g/mol. The number of ether oxygens (including phenoxy) is 1. The molecule has 0 aliphatic rings. The van der Waals surface area contributed by atoms with Gasteiger partial charge in [-0.1, -0.05) is 0 Å². The Bertz CT molecular complexity index is 495. The summed E-state index contributed by atoms with van der Waals surface area (Å²) in [6.07, 6.45) is 0.0805. The number of rotatable bonds is 6. The van der Waals surface area contributed by atoms with Crippen LogP contribution in [0.15, 0.2) is 18.2 Å². The summed E-state index contributed by atoms with van der Waals surface area (Å²) < 4.78 is 30.3. The third-order valence-electron chi connectivity index (χ3n) is 2.60. The number of esters is 1. The summed E-state index contributed by atoms with van der Waals surface area (Å²) in [7, 11) is 2.84. The Kier molecular flexibility index (Phi) is 5.89. The molecular formula is C13H16F2N2O3. The zero-order valence-corrected chi connectivity index (χ0v) is 11.3. The Morgan fingerprint density at radius 2 is 2.00 bits per heavy atom. The third-order valence-corrected chi connectivity index (χ3v) is 2.60. The van der Waals surface area contributed by atoms with Crippen molar-refractivity contribution in [2.45, 2.75) is 6.42 Å². The largest absolute Gasteiger partial charge is 0.469 e. The van der Waals surface area contributed by atoms with Gasteiger partial charge in [0.2, 0.25) is 5.91 Å². The van der Waals surface area contributed by atoms with Gasteiger partial charge >= 0.3 is 5.97 Å². The zero-order chi connectivity index (χ0) is 15.1. The van der Waals surface area contributed by atoms with Crippen molar-refractivity contribution in [3.05, 3.63) is 29.8 Å². The van der Waals surface area contributed by atoms with Gasteiger partial charge in [-0.05, 0) is 12.1 Å². The lowest BCUT2D eigenvalue weighted by molar-refractivity contribution is -0.140. The number of anilines is 1. The summed E-state index contributed by atoms with van der Waals surface area (Å²) >= 11 is 0. The molecule has 7 heteroatoms.